The van der Waals surface area contributed by atoms with E-state index in [0.29, 0.717) is 0 Å². The Morgan fingerprint density at radius 2 is 0.692 bits per heavy atom. The minimum absolute atomic E-state index is 0.0473. The van der Waals surface area contributed by atoms with E-state index in [1.54, 1.807) is 0 Å². The maximum absolute atomic E-state index is 2.41. The van der Waals surface area contributed by atoms with Gasteiger partial charge in [-0.1, -0.05) is 198 Å². The molecule has 0 fully saturated rings. The highest BCUT2D eigenvalue weighted by molar-refractivity contribution is 5.91. The molecule has 2 aliphatic rings. The van der Waals surface area contributed by atoms with Crippen molar-refractivity contribution in [3.05, 3.63) is 247 Å². The van der Waals surface area contributed by atoms with Crippen LogP contribution in [0.2, 0.25) is 0 Å². The average molecular weight is 832 g/mol. The number of hydrogen-bond donors (Lipinski definition) is 0. The fourth-order valence-electron chi connectivity index (χ4n) is 11.1. The van der Waals surface area contributed by atoms with Crippen molar-refractivity contribution in [1.82, 2.24) is 0 Å². The van der Waals surface area contributed by atoms with E-state index in [0.717, 1.165) is 17.1 Å². The Hall–Kier alpha value is -7.74. The Morgan fingerprint density at radius 1 is 0.262 bits per heavy atom. The Kier molecular flexibility index (Phi) is 8.94. The van der Waals surface area contributed by atoms with Crippen LogP contribution in [0.15, 0.2) is 224 Å². The zero-order valence-corrected chi connectivity index (χ0v) is 37.3. The van der Waals surface area contributed by atoms with Crippen molar-refractivity contribution >= 4 is 27.8 Å². The first-order valence-electron chi connectivity index (χ1n) is 22.9. The lowest BCUT2D eigenvalue weighted by Crippen LogP contribution is -2.16. The van der Waals surface area contributed by atoms with Crippen molar-refractivity contribution in [3.63, 3.8) is 0 Å². The average Bonchev–Trinajstić information content (AvgIpc) is 3.74. The standard InChI is InChI=1S/C64H49N/c1-63(2)59-21-9-7-17-55(59)57-38-31-50(41-61(57)63)44-27-34-52(35-28-44)65(53-36-29-45(30-37-53)54-19-12-20-58-56-18-8-10-22-60(56)64(3,4)62(54)58)51-32-25-43(26-33-51)47-15-11-16-48(39-47)49-24-23-42-13-5-6-14-46(42)40-49/h5-41H,1-4H3. The van der Waals surface area contributed by atoms with Crippen molar-refractivity contribution in [3.8, 4) is 66.8 Å². The number of benzene rings is 10. The largest absolute Gasteiger partial charge is 0.311 e. The number of rotatable bonds is 7. The number of fused-ring (bicyclic) bond motifs is 7. The maximum atomic E-state index is 2.41. The smallest absolute Gasteiger partial charge is 0.0462 e. The van der Waals surface area contributed by atoms with Crippen LogP contribution < -0.4 is 4.90 Å². The molecule has 0 atom stereocenters. The quantitative estimate of drug-likeness (QED) is 0.155. The molecule has 1 nitrogen and oxygen atoms in total. The van der Waals surface area contributed by atoms with Gasteiger partial charge in [-0.05, 0) is 154 Å². The van der Waals surface area contributed by atoms with Crippen LogP contribution in [0.4, 0.5) is 17.1 Å². The summed E-state index contributed by atoms with van der Waals surface area (Å²) in [4.78, 5) is 2.39. The van der Waals surface area contributed by atoms with Gasteiger partial charge in [-0.25, -0.2) is 0 Å². The van der Waals surface area contributed by atoms with Crippen LogP contribution in [0.1, 0.15) is 49.9 Å². The molecule has 10 aromatic rings. The van der Waals surface area contributed by atoms with Crippen LogP contribution in [-0.4, -0.2) is 0 Å². The summed E-state index contributed by atoms with van der Waals surface area (Å²) in [5.74, 6) is 0. The maximum Gasteiger partial charge on any atom is 0.0462 e. The molecule has 0 amide bonds. The van der Waals surface area contributed by atoms with Gasteiger partial charge in [0.05, 0.1) is 0 Å². The third kappa shape index (κ3) is 6.37. The molecule has 0 radical (unpaired) electrons. The fraction of sp³-hybridized carbons (Fsp3) is 0.0938. The summed E-state index contributed by atoms with van der Waals surface area (Å²) >= 11 is 0. The SMILES string of the molecule is CC1(C)c2ccccc2-c2ccc(-c3ccc(N(c4ccc(-c5cccc(-c6ccc7ccccc7c6)c5)cc4)c4ccc(-c5cccc6c5C(C)(C)c5ccccc5-6)cc4)cc3)cc21. The Morgan fingerprint density at radius 3 is 1.35 bits per heavy atom. The summed E-state index contributed by atoms with van der Waals surface area (Å²) in [6.07, 6.45) is 0. The minimum Gasteiger partial charge on any atom is -0.311 e. The normalized spacial score (nSPS) is 13.8. The fourth-order valence-corrected chi connectivity index (χ4v) is 11.1. The van der Waals surface area contributed by atoms with Gasteiger partial charge in [-0.3, -0.25) is 0 Å². The lowest BCUT2D eigenvalue weighted by atomic mass is 9.79. The highest BCUT2D eigenvalue weighted by Gasteiger charge is 2.37. The number of hydrogen-bond acceptors (Lipinski definition) is 1. The number of anilines is 3. The van der Waals surface area contributed by atoms with Gasteiger partial charge in [0.2, 0.25) is 0 Å². The third-order valence-corrected chi connectivity index (χ3v) is 14.5. The topological polar surface area (TPSA) is 3.24 Å². The van der Waals surface area contributed by atoms with Gasteiger partial charge in [0.25, 0.3) is 0 Å². The molecule has 0 N–H and O–H groups in total. The first-order chi connectivity index (χ1) is 31.7. The van der Waals surface area contributed by atoms with Crippen LogP contribution in [0, 0.1) is 0 Å². The van der Waals surface area contributed by atoms with Gasteiger partial charge in [0, 0.05) is 27.9 Å². The molecular weight excluding hydrogens is 783 g/mol. The third-order valence-electron chi connectivity index (χ3n) is 14.5. The molecule has 0 saturated heterocycles. The van der Waals surface area contributed by atoms with E-state index in [4.69, 9.17) is 0 Å². The lowest BCUT2D eigenvalue weighted by Gasteiger charge is -2.27. The summed E-state index contributed by atoms with van der Waals surface area (Å²) in [5, 5.41) is 2.51. The predicted octanol–water partition coefficient (Wildman–Crippen LogP) is 17.6. The van der Waals surface area contributed by atoms with E-state index >= 15 is 0 Å². The van der Waals surface area contributed by atoms with Crippen molar-refractivity contribution in [1.29, 1.82) is 0 Å². The summed E-state index contributed by atoms with van der Waals surface area (Å²) in [6, 6.07) is 83.2. The van der Waals surface area contributed by atoms with E-state index in [2.05, 4.69) is 257 Å². The van der Waals surface area contributed by atoms with E-state index < -0.39 is 0 Å². The van der Waals surface area contributed by atoms with Crippen LogP contribution in [0.25, 0.3) is 77.5 Å². The molecule has 1 heteroatoms. The molecule has 0 spiro atoms. The lowest BCUT2D eigenvalue weighted by molar-refractivity contribution is 0.660. The Bertz CT molecular complexity index is 3460. The summed E-state index contributed by atoms with van der Waals surface area (Å²) < 4.78 is 0. The summed E-state index contributed by atoms with van der Waals surface area (Å²) in [7, 11) is 0. The van der Waals surface area contributed by atoms with E-state index in [1.165, 1.54) is 99.8 Å². The van der Waals surface area contributed by atoms with Crippen molar-refractivity contribution in [2.24, 2.45) is 0 Å². The Labute approximate surface area is 383 Å². The van der Waals surface area contributed by atoms with Crippen LogP contribution in [0.3, 0.4) is 0 Å². The van der Waals surface area contributed by atoms with Crippen LogP contribution >= 0.6 is 0 Å². The monoisotopic (exact) mass is 831 g/mol. The second-order valence-electron chi connectivity index (χ2n) is 18.9. The molecule has 0 bridgehead atoms. The molecule has 0 saturated carbocycles. The zero-order chi connectivity index (χ0) is 43.9. The van der Waals surface area contributed by atoms with Crippen LogP contribution in [-0.2, 0) is 10.8 Å². The molecule has 0 aliphatic heterocycles. The van der Waals surface area contributed by atoms with Crippen molar-refractivity contribution in [2.45, 2.75) is 38.5 Å². The van der Waals surface area contributed by atoms with E-state index in [1.807, 2.05) is 0 Å². The predicted molar refractivity (Wildman–Crippen MR) is 276 cm³/mol. The first kappa shape index (κ1) is 38.9. The van der Waals surface area contributed by atoms with Crippen LogP contribution in [0.5, 0.6) is 0 Å². The van der Waals surface area contributed by atoms with Gasteiger partial charge >= 0.3 is 0 Å². The summed E-state index contributed by atoms with van der Waals surface area (Å²) in [6.45, 7) is 9.44. The summed E-state index contributed by atoms with van der Waals surface area (Å²) in [5.41, 5.74) is 24.0. The Balaban J connectivity index is 0.909. The molecule has 2 aliphatic carbocycles. The number of nitrogens with zero attached hydrogens (tertiary/aromatic N) is 1. The van der Waals surface area contributed by atoms with Gasteiger partial charge in [-0.2, -0.15) is 0 Å². The van der Waals surface area contributed by atoms with Gasteiger partial charge in [-0.15, -0.1) is 0 Å². The van der Waals surface area contributed by atoms with Gasteiger partial charge < -0.3 is 4.90 Å². The van der Waals surface area contributed by atoms with Gasteiger partial charge in [0.15, 0.2) is 0 Å². The molecule has 0 unspecified atom stereocenters. The zero-order valence-electron chi connectivity index (χ0n) is 37.3. The minimum atomic E-state index is -0.0930. The molecule has 12 rings (SSSR count). The molecule has 10 aromatic carbocycles. The molecule has 0 aromatic heterocycles. The van der Waals surface area contributed by atoms with E-state index in [-0.39, 0.29) is 10.8 Å². The second-order valence-corrected chi connectivity index (χ2v) is 18.9. The second kappa shape index (κ2) is 14.9. The van der Waals surface area contributed by atoms with Crippen molar-refractivity contribution < 1.29 is 0 Å². The van der Waals surface area contributed by atoms with E-state index in [9.17, 15) is 0 Å². The van der Waals surface area contributed by atoms with Gasteiger partial charge in [0.1, 0.15) is 0 Å². The highest BCUT2D eigenvalue weighted by Crippen LogP contribution is 2.53. The molecule has 65 heavy (non-hydrogen) atoms. The molecule has 0 heterocycles. The highest BCUT2D eigenvalue weighted by atomic mass is 15.1. The molecular formula is C64H49N. The molecule has 310 valence electrons. The first-order valence-corrected chi connectivity index (χ1v) is 22.9. The van der Waals surface area contributed by atoms with Crippen molar-refractivity contribution in [2.75, 3.05) is 4.90 Å².